The Balaban J connectivity index is 2.31. The summed E-state index contributed by atoms with van der Waals surface area (Å²) in [7, 11) is 0. The van der Waals surface area contributed by atoms with Crippen molar-refractivity contribution < 1.29 is 4.74 Å². The van der Waals surface area contributed by atoms with E-state index in [0.29, 0.717) is 11.1 Å². The van der Waals surface area contributed by atoms with Crippen molar-refractivity contribution in [2.45, 2.75) is 25.9 Å². The van der Waals surface area contributed by atoms with E-state index in [1.54, 1.807) is 0 Å². The van der Waals surface area contributed by atoms with Crippen molar-refractivity contribution in [3.8, 4) is 5.75 Å². The highest BCUT2D eigenvalue weighted by atomic mass is 79.9. The Kier molecular flexibility index (Phi) is 2.52. The topological polar surface area (TPSA) is 9.23 Å². The maximum atomic E-state index is 6.05. The first-order valence-corrected chi connectivity index (χ1v) is 5.46. The summed E-state index contributed by atoms with van der Waals surface area (Å²) in [5.74, 6) is 0.787. The molecule has 0 heterocycles. The number of ether oxygens (including phenoxy) is 1. The van der Waals surface area contributed by atoms with Crippen molar-refractivity contribution in [3.63, 3.8) is 0 Å². The van der Waals surface area contributed by atoms with Gasteiger partial charge in [0.2, 0.25) is 0 Å². The highest BCUT2D eigenvalue weighted by molar-refractivity contribution is 9.10. The lowest BCUT2D eigenvalue weighted by Gasteiger charge is -2.09. The number of halogens is 2. The number of benzene rings is 1. The van der Waals surface area contributed by atoms with Crippen molar-refractivity contribution >= 4 is 27.5 Å². The van der Waals surface area contributed by atoms with E-state index in [2.05, 4.69) is 15.9 Å². The average molecular weight is 262 g/mol. The molecule has 0 radical (unpaired) electrons. The van der Waals surface area contributed by atoms with E-state index < -0.39 is 0 Å². The zero-order valence-corrected chi connectivity index (χ0v) is 9.65. The van der Waals surface area contributed by atoms with E-state index >= 15 is 0 Å². The largest absolute Gasteiger partial charge is 0.488 e. The molecule has 0 atom stereocenters. The summed E-state index contributed by atoms with van der Waals surface area (Å²) in [6, 6.07) is 3.94. The van der Waals surface area contributed by atoms with Gasteiger partial charge in [-0.15, -0.1) is 0 Å². The Morgan fingerprint density at radius 3 is 2.69 bits per heavy atom. The predicted molar refractivity (Wildman–Crippen MR) is 57.5 cm³/mol. The van der Waals surface area contributed by atoms with Gasteiger partial charge in [0.25, 0.3) is 0 Å². The molecule has 13 heavy (non-hydrogen) atoms. The van der Waals surface area contributed by atoms with Gasteiger partial charge in [-0.25, -0.2) is 0 Å². The molecule has 1 nitrogen and oxygen atoms in total. The van der Waals surface area contributed by atoms with Crippen molar-refractivity contribution in [1.29, 1.82) is 0 Å². The summed E-state index contributed by atoms with van der Waals surface area (Å²) >= 11 is 9.50. The highest BCUT2D eigenvalue weighted by Crippen LogP contribution is 2.38. The SMILES string of the molecule is Cc1cc(Cl)c(OC2CC2)c(Br)c1. The molecule has 0 amide bonds. The molecule has 0 aliphatic heterocycles. The second-order valence-electron chi connectivity index (χ2n) is 3.37. The van der Waals surface area contributed by atoms with Crippen molar-refractivity contribution in [1.82, 2.24) is 0 Å². The van der Waals surface area contributed by atoms with Gasteiger partial charge in [-0.2, -0.15) is 0 Å². The first-order chi connectivity index (χ1) is 6.16. The number of hydrogen-bond acceptors (Lipinski definition) is 1. The molecule has 0 aromatic heterocycles. The zero-order valence-electron chi connectivity index (χ0n) is 7.31. The van der Waals surface area contributed by atoms with Crippen LogP contribution in [0.25, 0.3) is 0 Å². The first-order valence-electron chi connectivity index (χ1n) is 4.29. The first kappa shape index (κ1) is 9.35. The minimum Gasteiger partial charge on any atom is -0.488 e. The maximum Gasteiger partial charge on any atom is 0.152 e. The molecular formula is C10H10BrClO. The fourth-order valence-electron chi connectivity index (χ4n) is 1.15. The van der Waals surface area contributed by atoms with Crippen LogP contribution in [-0.4, -0.2) is 6.10 Å². The van der Waals surface area contributed by atoms with Crippen LogP contribution in [0, 0.1) is 6.92 Å². The van der Waals surface area contributed by atoms with Crippen molar-refractivity contribution in [2.75, 3.05) is 0 Å². The van der Waals surface area contributed by atoms with E-state index in [4.69, 9.17) is 16.3 Å². The molecule has 0 N–H and O–H groups in total. The summed E-state index contributed by atoms with van der Waals surface area (Å²) in [5, 5.41) is 0.693. The van der Waals surface area contributed by atoms with Gasteiger partial charge in [0.05, 0.1) is 15.6 Å². The van der Waals surface area contributed by atoms with Crippen LogP contribution >= 0.6 is 27.5 Å². The molecule has 1 aliphatic rings. The second-order valence-corrected chi connectivity index (χ2v) is 4.64. The van der Waals surface area contributed by atoms with Gasteiger partial charge in [0.1, 0.15) is 0 Å². The van der Waals surface area contributed by atoms with E-state index in [-0.39, 0.29) is 0 Å². The molecule has 1 aromatic rings. The molecule has 0 bridgehead atoms. The summed E-state index contributed by atoms with van der Waals surface area (Å²) in [6.45, 7) is 2.01. The maximum absolute atomic E-state index is 6.05. The molecule has 0 unspecified atom stereocenters. The third kappa shape index (κ3) is 2.18. The Morgan fingerprint density at radius 1 is 1.46 bits per heavy atom. The summed E-state index contributed by atoms with van der Waals surface area (Å²) < 4.78 is 6.61. The van der Waals surface area contributed by atoms with E-state index in [1.165, 1.54) is 0 Å². The van der Waals surface area contributed by atoms with Crippen LogP contribution in [0.2, 0.25) is 5.02 Å². The van der Waals surface area contributed by atoms with Crippen LogP contribution in [-0.2, 0) is 0 Å². The Hall–Kier alpha value is -0.210. The molecule has 0 saturated heterocycles. The normalized spacial score (nSPS) is 15.9. The summed E-state index contributed by atoms with van der Waals surface area (Å²) in [4.78, 5) is 0. The molecule has 1 aliphatic carbocycles. The molecule has 3 heteroatoms. The zero-order chi connectivity index (χ0) is 9.42. The van der Waals surface area contributed by atoms with Gasteiger partial charge in [0.15, 0.2) is 5.75 Å². The summed E-state index contributed by atoms with van der Waals surface area (Å²) in [6.07, 6.45) is 2.68. The number of hydrogen-bond donors (Lipinski definition) is 0. The Bertz CT molecular complexity index is 311. The molecule has 2 rings (SSSR count). The fraction of sp³-hybridized carbons (Fsp3) is 0.400. The van der Waals surface area contributed by atoms with E-state index in [0.717, 1.165) is 28.6 Å². The highest BCUT2D eigenvalue weighted by Gasteiger charge is 2.25. The Labute approximate surface area is 91.2 Å². The standard InChI is InChI=1S/C10H10BrClO/c1-6-4-8(11)10(9(12)5-6)13-7-2-3-7/h4-5,7H,2-3H2,1H3. The van der Waals surface area contributed by atoms with Gasteiger partial charge < -0.3 is 4.74 Å². The number of rotatable bonds is 2. The predicted octanol–water partition coefficient (Wildman–Crippen LogP) is 3.95. The van der Waals surface area contributed by atoms with Crippen LogP contribution < -0.4 is 4.74 Å². The monoisotopic (exact) mass is 260 g/mol. The molecule has 1 saturated carbocycles. The van der Waals surface area contributed by atoms with Gasteiger partial charge in [0, 0.05) is 0 Å². The lowest BCUT2D eigenvalue weighted by atomic mass is 10.2. The molecule has 1 fully saturated rings. The summed E-state index contributed by atoms with van der Waals surface area (Å²) in [5.41, 5.74) is 1.14. The minimum atomic E-state index is 0.386. The van der Waals surface area contributed by atoms with Crippen LogP contribution in [0.1, 0.15) is 18.4 Å². The smallest absolute Gasteiger partial charge is 0.152 e. The lowest BCUT2D eigenvalue weighted by molar-refractivity contribution is 0.301. The van der Waals surface area contributed by atoms with Crippen molar-refractivity contribution in [2.24, 2.45) is 0 Å². The van der Waals surface area contributed by atoms with Gasteiger partial charge in [-0.3, -0.25) is 0 Å². The second kappa shape index (κ2) is 3.50. The third-order valence-electron chi connectivity index (χ3n) is 1.95. The van der Waals surface area contributed by atoms with Crippen LogP contribution in [0.3, 0.4) is 0 Å². The quantitative estimate of drug-likeness (QED) is 0.783. The van der Waals surface area contributed by atoms with Gasteiger partial charge in [-0.1, -0.05) is 11.6 Å². The van der Waals surface area contributed by atoms with E-state index in [1.807, 2.05) is 19.1 Å². The molecular weight excluding hydrogens is 251 g/mol. The van der Waals surface area contributed by atoms with Gasteiger partial charge >= 0.3 is 0 Å². The average Bonchev–Trinajstić information content (AvgIpc) is 2.79. The van der Waals surface area contributed by atoms with Crippen molar-refractivity contribution in [3.05, 3.63) is 27.2 Å². The van der Waals surface area contributed by atoms with Gasteiger partial charge in [-0.05, 0) is 53.4 Å². The number of aryl methyl sites for hydroxylation is 1. The minimum absolute atomic E-state index is 0.386. The third-order valence-corrected chi connectivity index (χ3v) is 2.82. The molecule has 0 spiro atoms. The lowest BCUT2D eigenvalue weighted by Crippen LogP contribution is -1.97. The fourth-order valence-corrected chi connectivity index (χ4v) is 2.25. The van der Waals surface area contributed by atoms with Crippen LogP contribution in [0.15, 0.2) is 16.6 Å². The molecule has 1 aromatic carbocycles. The van der Waals surface area contributed by atoms with Crippen LogP contribution in [0.5, 0.6) is 5.75 Å². The van der Waals surface area contributed by atoms with E-state index in [9.17, 15) is 0 Å². The molecule has 70 valence electrons. The Morgan fingerprint density at radius 2 is 2.15 bits per heavy atom. The van der Waals surface area contributed by atoms with Crippen LogP contribution in [0.4, 0.5) is 0 Å².